The maximum absolute atomic E-state index is 12.7. The predicted molar refractivity (Wildman–Crippen MR) is 154 cm³/mol. The number of carbonyl (C=O) groups is 1. The maximum Gasteiger partial charge on any atom is 0.255 e. The van der Waals surface area contributed by atoms with Gasteiger partial charge >= 0.3 is 0 Å². The third kappa shape index (κ3) is 3.91. The number of nitrogens with zero attached hydrogens (tertiary/aromatic N) is 4. The first-order valence-corrected chi connectivity index (χ1v) is 12.4. The number of nitrogens with one attached hydrogen (secondary N) is 1. The molecule has 0 fully saturated rings. The first kappa shape index (κ1) is 22.6. The number of aromatic nitrogens is 3. The Kier molecular flexibility index (Phi) is 5.23. The van der Waals surface area contributed by atoms with Crippen LogP contribution in [-0.2, 0) is 0 Å². The van der Waals surface area contributed by atoms with E-state index in [9.17, 15) is 4.79 Å². The molecule has 7 rings (SSSR count). The molecule has 0 radical (unpaired) electrons. The van der Waals surface area contributed by atoms with E-state index in [0.29, 0.717) is 22.9 Å². The largest absolute Gasteiger partial charge is 0.454 e. The second kappa shape index (κ2) is 9.04. The van der Waals surface area contributed by atoms with Crippen molar-refractivity contribution < 1.29 is 9.21 Å². The minimum atomic E-state index is -0.213. The Hall–Kier alpha value is -5.63. The molecule has 4 aromatic carbocycles. The number of amides is 1. The molecule has 0 aliphatic carbocycles. The lowest BCUT2D eigenvalue weighted by molar-refractivity contribution is 0.102. The second-order valence-corrected chi connectivity index (χ2v) is 9.12. The number of hydrogen-bond acceptors (Lipinski definition) is 6. The third-order valence-electron chi connectivity index (χ3n) is 6.68. The lowest BCUT2D eigenvalue weighted by atomic mass is 10.1. The van der Waals surface area contributed by atoms with Crippen LogP contribution in [0.25, 0.3) is 27.5 Å². The molecule has 0 saturated carbocycles. The number of hydrogen-bond donors (Lipinski definition) is 2. The van der Waals surface area contributed by atoms with Crippen molar-refractivity contribution in [2.75, 3.05) is 16.0 Å². The van der Waals surface area contributed by atoms with Gasteiger partial charge in [0.2, 0.25) is 5.95 Å². The van der Waals surface area contributed by atoms with Gasteiger partial charge in [-0.2, -0.15) is 9.61 Å². The molecular weight excluding hydrogens is 488 g/mol. The zero-order valence-corrected chi connectivity index (χ0v) is 20.7. The molecular formula is C31H22N6O2. The molecule has 0 bridgehead atoms. The number of fused-ring (bicyclic) bond motifs is 4. The summed E-state index contributed by atoms with van der Waals surface area (Å²) in [4.78, 5) is 19.5. The van der Waals surface area contributed by atoms with Gasteiger partial charge < -0.3 is 15.5 Å². The van der Waals surface area contributed by atoms with E-state index in [1.54, 1.807) is 41.2 Å². The lowest BCUT2D eigenvalue weighted by Crippen LogP contribution is -2.16. The minimum absolute atomic E-state index is 0.213. The molecule has 0 aliphatic heterocycles. The van der Waals surface area contributed by atoms with Gasteiger partial charge in [0.15, 0.2) is 5.58 Å². The molecule has 0 spiro atoms. The number of para-hydroxylation sites is 2. The summed E-state index contributed by atoms with van der Waals surface area (Å²) >= 11 is 0. The number of benzene rings is 4. The second-order valence-electron chi connectivity index (χ2n) is 9.12. The zero-order valence-electron chi connectivity index (χ0n) is 20.7. The highest BCUT2D eigenvalue weighted by Gasteiger charge is 2.22. The Labute approximate surface area is 222 Å². The highest BCUT2D eigenvalue weighted by atomic mass is 16.3. The molecule has 3 aromatic heterocycles. The highest BCUT2D eigenvalue weighted by Crippen LogP contribution is 2.41. The number of nitrogens with two attached hydrogens (primary N) is 1. The Bertz CT molecular complexity index is 1970. The van der Waals surface area contributed by atoms with Gasteiger partial charge in [-0.15, -0.1) is 0 Å². The number of anilines is 5. The van der Waals surface area contributed by atoms with Crippen molar-refractivity contribution in [3.8, 4) is 0 Å². The predicted octanol–water partition coefficient (Wildman–Crippen LogP) is 6.93. The van der Waals surface area contributed by atoms with Crippen molar-refractivity contribution in [3.63, 3.8) is 0 Å². The van der Waals surface area contributed by atoms with Crippen LogP contribution < -0.4 is 16.0 Å². The van der Waals surface area contributed by atoms with Crippen molar-refractivity contribution in [2.24, 2.45) is 0 Å². The fourth-order valence-corrected chi connectivity index (χ4v) is 4.80. The summed E-state index contributed by atoms with van der Waals surface area (Å²) in [6.45, 7) is 0. The van der Waals surface area contributed by atoms with Crippen LogP contribution in [0.3, 0.4) is 0 Å². The number of carbonyl (C=O) groups excluding carboxylic acids is 1. The molecule has 8 heteroatoms. The summed E-state index contributed by atoms with van der Waals surface area (Å²) in [7, 11) is 0. The third-order valence-corrected chi connectivity index (χ3v) is 6.68. The summed E-state index contributed by atoms with van der Waals surface area (Å²) in [6, 6.07) is 32.3. The number of nitrogen functional groups attached to an aromatic ring is 1. The molecule has 7 aromatic rings. The normalized spacial score (nSPS) is 11.3. The van der Waals surface area contributed by atoms with E-state index in [4.69, 9.17) is 15.1 Å². The average molecular weight is 511 g/mol. The summed E-state index contributed by atoms with van der Waals surface area (Å²) in [5.41, 5.74) is 11.7. The van der Waals surface area contributed by atoms with Gasteiger partial charge in [-0.1, -0.05) is 30.3 Å². The molecule has 8 nitrogen and oxygen atoms in total. The SMILES string of the molecule is Nc1ccc(C(=O)Nc2ccc(N(c3cccc4c3oc3ccccc34)c3nccc4ccnn34)cc2)cc1. The van der Waals surface area contributed by atoms with Crippen molar-refractivity contribution in [3.05, 3.63) is 121 Å². The molecule has 0 atom stereocenters. The highest BCUT2D eigenvalue weighted by molar-refractivity contribution is 6.10. The Morgan fingerprint density at radius 1 is 0.821 bits per heavy atom. The van der Waals surface area contributed by atoms with Gasteiger partial charge in [-0.05, 0) is 72.8 Å². The van der Waals surface area contributed by atoms with Gasteiger partial charge in [-0.25, -0.2) is 4.98 Å². The number of rotatable bonds is 5. The fraction of sp³-hybridized carbons (Fsp3) is 0. The average Bonchev–Trinajstić information content (AvgIpc) is 3.60. The van der Waals surface area contributed by atoms with Crippen molar-refractivity contribution in [2.45, 2.75) is 0 Å². The van der Waals surface area contributed by atoms with Crippen molar-refractivity contribution in [1.29, 1.82) is 0 Å². The molecule has 3 N–H and O–H groups in total. The van der Waals surface area contributed by atoms with Crippen LogP contribution in [0.5, 0.6) is 0 Å². The molecule has 188 valence electrons. The van der Waals surface area contributed by atoms with E-state index in [1.807, 2.05) is 71.6 Å². The Morgan fingerprint density at radius 3 is 2.44 bits per heavy atom. The lowest BCUT2D eigenvalue weighted by Gasteiger charge is -2.24. The first-order valence-electron chi connectivity index (χ1n) is 12.4. The molecule has 0 unspecified atom stereocenters. The van der Waals surface area contributed by atoms with Crippen LogP contribution in [0.1, 0.15) is 10.4 Å². The Morgan fingerprint density at radius 2 is 1.59 bits per heavy atom. The van der Waals surface area contributed by atoms with E-state index in [-0.39, 0.29) is 5.91 Å². The van der Waals surface area contributed by atoms with E-state index >= 15 is 0 Å². The minimum Gasteiger partial charge on any atom is -0.454 e. The number of furan rings is 1. The van der Waals surface area contributed by atoms with Gasteiger partial charge in [0.1, 0.15) is 5.58 Å². The standard InChI is InChI=1S/C31H22N6O2/c32-21-10-8-20(9-11-21)30(38)35-22-12-14-23(15-13-22)36(31-33-18-16-24-17-19-34-37(24)31)27-6-3-5-26-25-4-1-2-7-28(25)39-29(26)27/h1-19H,32H2,(H,35,38). The molecule has 0 aliphatic rings. The molecule has 39 heavy (non-hydrogen) atoms. The first-order chi connectivity index (χ1) is 19.2. The topological polar surface area (TPSA) is 102 Å². The van der Waals surface area contributed by atoms with Gasteiger partial charge in [-0.3, -0.25) is 9.69 Å². The van der Waals surface area contributed by atoms with Crippen molar-refractivity contribution in [1.82, 2.24) is 14.6 Å². The van der Waals surface area contributed by atoms with Gasteiger partial charge in [0.05, 0.1) is 17.4 Å². The van der Waals surface area contributed by atoms with Crippen LogP contribution in [0, 0.1) is 0 Å². The Balaban J connectivity index is 1.34. The van der Waals surface area contributed by atoms with Crippen LogP contribution in [0.15, 0.2) is 120 Å². The molecule has 1 amide bonds. The quantitative estimate of drug-likeness (QED) is 0.243. The van der Waals surface area contributed by atoms with Crippen LogP contribution in [0.2, 0.25) is 0 Å². The van der Waals surface area contributed by atoms with Crippen LogP contribution in [-0.4, -0.2) is 20.5 Å². The molecule has 3 heterocycles. The fourth-order valence-electron chi connectivity index (χ4n) is 4.80. The van der Waals surface area contributed by atoms with E-state index in [0.717, 1.165) is 38.8 Å². The van der Waals surface area contributed by atoms with Crippen molar-refractivity contribution >= 4 is 62.1 Å². The van der Waals surface area contributed by atoms with Gasteiger partial charge in [0.25, 0.3) is 5.91 Å². The van der Waals surface area contributed by atoms with E-state index < -0.39 is 0 Å². The summed E-state index contributed by atoms with van der Waals surface area (Å²) in [5.74, 6) is 0.388. The van der Waals surface area contributed by atoms with E-state index in [1.165, 1.54) is 0 Å². The van der Waals surface area contributed by atoms with E-state index in [2.05, 4.69) is 22.5 Å². The maximum atomic E-state index is 12.7. The van der Waals surface area contributed by atoms with Crippen LogP contribution >= 0.6 is 0 Å². The van der Waals surface area contributed by atoms with Gasteiger partial charge in [0, 0.05) is 39.6 Å². The smallest absolute Gasteiger partial charge is 0.255 e. The summed E-state index contributed by atoms with van der Waals surface area (Å²) in [6.07, 6.45) is 3.51. The van der Waals surface area contributed by atoms with Crippen LogP contribution in [0.4, 0.5) is 28.7 Å². The molecule has 0 saturated heterocycles. The zero-order chi connectivity index (χ0) is 26.3. The summed E-state index contributed by atoms with van der Waals surface area (Å²) in [5, 5.41) is 9.52. The summed E-state index contributed by atoms with van der Waals surface area (Å²) < 4.78 is 8.16. The monoisotopic (exact) mass is 510 g/mol.